The molecule has 112 valence electrons. The van der Waals surface area contributed by atoms with Crippen molar-refractivity contribution in [2.24, 2.45) is 5.92 Å². The lowest BCUT2D eigenvalue weighted by Gasteiger charge is -2.31. The average Bonchev–Trinajstić information content (AvgIpc) is 2.99. The molecule has 1 aliphatic rings. The molecule has 3 rings (SSSR count). The number of aryl methyl sites for hydroxylation is 1. The number of hydrogen-bond acceptors (Lipinski definition) is 5. The topological polar surface area (TPSA) is 51.0 Å². The standard InChI is InChI=1S/C15H20N4OS/c1-12-6-16-11-19(15(12)20)9-13-2-4-18(5-3-13)8-14-7-17-21-10-14/h6-7,10-11,13H,2-5,8-9H2,1H3. The molecule has 6 heteroatoms. The summed E-state index contributed by atoms with van der Waals surface area (Å²) in [6.45, 7) is 5.79. The van der Waals surface area contributed by atoms with E-state index < -0.39 is 0 Å². The lowest BCUT2D eigenvalue weighted by Crippen LogP contribution is -2.36. The van der Waals surface area contributed by atoms with Crippen molar-refractivity contribution in [1.82, 2.24) is 18.8 Å². The summed E-state index contributed by atoms with van der Waals surface area (Å²) in [4.78, 5) is 18.6. The SMILES string of the molecule is Cc1cncn(CC2CCN(Cc3cnsc3)CC2)c1=O. The van der Waals surface area contributed by atoms with Gasteiger partial charge in [0.15, 0.2) is 0 Å². The zero-order chi connectivity index (χ0) is 14.7. The van der Waals surface area contributed by atoms with Crippen LogP contribution in [0.25, 0.3) is 0 Å². The Morgan fingerprint density at radius 3 is 2.86 bits per heavy atom. The molecule has 0 bridgehead atoms. The van der Waals surface area contributed by atoms with E-state index in [4.69, 9.17) is 0 Å². The van der Waals surface area contributed by atoms with E-state index in [1.807, 2.05) is 13.1 Å². The minimum Gasteiger partial charge on any atom is -0.299 e. The number of rotatable bonds is 4. The summed E-state index contributed by atoms with van der Waals surface area (Å²) < 4.78 is 5.91. The fraction of sp³-hybridized carbons (Fsp3) is 0.533. The number of nitrogens with zero attached hydrogens (tertiary/aromatic N) is 4. The molecule has 1 aliphatic heterocycles. The van der Waals surface area contributed by atoms with E-state index in [-0.39, 0.29) is 5.56 Å². The number of aromatic nitrogens is 3. The van der Waals surface area contributed by atoms with Crippen molar-refractivity contribution >= 4 is 11.5 Å². The Kier molecular flexibility index (Phi) is 4.45. The van der Waals surface area contributed by atoms with Crippen LogP contribution in [0.2, 0.25) is 0 Å². The number of likely N-dealkylation sites (tertiary alicyclic amines) is 1. The van der Waals surface area contributed by atoms with E-state index in [1.54, 1.807) is 17.1 Å². The van der Waals surface area contributed by atoms with E-state index in [9.17, 15) is 4.79 Å². The minimum atomic E-state index is 0.0942. The van der Waals surface area contributed by atoms with Crippen LogP contribution in [0.15, 0.2) is 28.9 Å². The van der Waals surface area contributed by atoms with Crippen LogP contribution >= 0.6 is 11.5 Å². The molecular formula is C15H20N4OS. The van der Waals surface area contributed by atoms with Gasteiger partial charge in [-0.25, -0.2) is 9.36 Å². The van der Waals surface area contributed by atoms with E-state index in [0.29, 0.717) is 5.92 Å². The molecule has 0 N–H and O–H groups in total. The van der Waals surface area contributed by atoms with Gasteiger partial charge in [0.1, 0.15) is 0 Å². The third-order valence-corrected chi connectivity index (χ3v) is 4.76. The van der Waals surface area contributed by atoms with Crippen LogP contribution in [0, 0.1) is 12.8 Å². The van der Waals surface area contributed by atoms with Crippen molar-refractivity contribution in [3.63, 3.8) is 0 Å². The van der Waals surface area contributed by atoms with Gasteiger partial charge in [0.25, 0.3) is 5.56 Å². The molecule has 0 aliphatic carbocycles. The van der Waals surface area contributed by atoms with E-state index in [1.165, 1.54) is 17.1 Å². The highest BCUT2D eigenvalue weighted by Gasteiger charge is 2.20. The van der Waals surface area contributed by atoms with Gasteiger partial charge >= 0.3 is 0 Å². The molecule has 2 aromatic rings. The van der Waals surface area contributed by atoms with Crippen LogP contribution in [-0.4, -0.2) is 31.9 Å². The summed E-state index contributed by atoms with van der Waals surface area (Å²) in [5.41, 5.74) is 2.12. The first-order valence-electron chi connectivity index (χ1n) is 7.34. The zero-order valence-electron chi connectivity index (χ0n) is 12.2. The van der Waals surface area contributed by atoms with Crippen molar-refractivity contribution in [2.75, 3.05) is 13.1 Å². The smallest absolute Gasteiger partial charge is 0.256 e. The second-order valence-electron chi connectivity index (χ2n) is 5.79. The quantitative estimate of drug-likeness (QED) is 0.866. The molecule has 0 atom stereocenters. The molecule has 0 aromatic carbocycles. The Morgan fingerprint density at radius 2 is 2.14 bits per heavy atom. The molecular weight excluding hydrogens is 284 g/mol. The van der Waals surface area contributed by atoms with Crippen LogP contribution in [0.4, 0.5) is 0 Å². The van der Waals surface area contributed by atoms with Crippen LogP contribution in [0.1, 0.15) is 24.0 Å². The molecule has 5 nitrogen and oxygen atoms in total. The largest absolute Gasteiger partial charge is 0.299 e. The van der Waals surface area contributed by atoms with Gasteiger partial charge in [-0.1, -0.05) is 0 Å². The molecule has 0 radical (unpaired) electrons. The summed E-state index contributed by atoms with van der Waals surface area (Å²) >= 11 is 1.51. The number of piperidine rings is 1. The van der Waals surface area contributed by atoms with E-state index >= 15 is 0 Å². The van der Waals surface area contributed by atoms with Crippen LogP contribution in [0.3, 0.4) is 0 Å². The lowest BCUT2D eigenvalue weighted by molar-refractivity contribution is 0.166. The highest BCUT2D eigenvalue weighted by atomic mass is 32.1. The van der Waals surface area contributed by atoms with Gasteiger partial charge in [-0.15, -0.1) is 0 Å². The molecule has 0 saturated carbocycles. The summed E-state index contributed by atoms with van der Waals surface area (Å²) in [6, 6.07) is 0. The van der Waals surface area contributed by atoms with Gasteiger partial charge in [-0.05, 0) is 55.9 Å². The molecule has 21 heavy (non-hydrogen) atoms. The Balaban J connectivity index is 1.54. The highest BCUT2D eigenvalue weighted by molar-refractivity contribution is 7.03. The molecule has 3 heterocycles. The predicted octanol–water partition coefficient (Wildman–Crippen LogP) is 1.92. The van der Waals surface area contributed by atoms with Crippen molar-refractivity contribution in [1.29, 1.82) is 0 Å². The normalized spacial score (nSPS) is 17.2. The maximum absolute atomic E-state index is 12.0. The fourth-order valence-corrected chi connectivity index (χ4v) is 3.39. The Labute approximate surface area is 128 Å². The van der Waals surface area contributed by atoms with Gasteiger partial charge in [0.05, 0.1) is 6.33 Å². The summed E-state index contributed by atoms with van der Waals surface area (Å²) in [6.07, 6.45) is 7.53. The second-order valence-corrected chi connectivity index (χ2v) is 6.44. The van der Waals surface area contributed by atoms with Gasteiger partial charge in [-0.3, -0.25) is 14.3 Å². The van der Waals surface area contributed by atoms with Crippen molar-refractivity contribution in [3.05, 3.63) is 45.6 Å². The van der Waals surface area contributed by atoms with Crippen molar-refractivity contribution in [2.45, 2.75) is 32.9 Å². The second kappa shape index (κ2) is 6.49. The average molecular weight is 304 g/mol. The van der Waals surface area contributed by atoms with Crippen molar-refractivity contribution in [3.8, 4) is 0 Å². The van der Waals surface area contributed by atoms with Gasteiger partial charge in [0, 0.05) is 36.4 Å². The van der Waals surface area contributed by atoms with Gasteiger partial charge < -0.3 is 0 Å². The first-order chi connectivity index (χ1) is 10.2. The summed E-state index contributed by atoms with van der Waals surface area (Å²) in [7, 11) is 0. The first kappa shape index (κ1) is 14.4. The maximum atomic E-state index is 12.0. The van der Waals surface area contributed by atoms with Gasteiger partial charge in [0.2, 0.25) is 0 Å². The van der Waals surface area contributed by atoms with Crippen molar-refractivity contribution < 1.29 is 0 Å². The molecule has 1 saturated heterocycles. The summed E-state index contributed by atoms with van der Waals surface area (Å²) in [5.74, 6) is 0.572. The molecule has 0 amide bonds. The monoisotopic (exact) mass is 304 g/mol. The maximum Gasteiger partial charge on any atom is 0.256 e. The molecule has 0 unspecified atom stereocenters. The Bertz CT molecular complexity index is 629. The molecule has 0 spiro atoms. The third kappa shape index (κ3) is 3.57. The van der Waals surface area contributed by atoms with Crippen LogP contribution in [0.5, 0.6) is 0 Å². The van der Waals surface area contributed by atoms with E-state index in [0.717, 1.165) is 44.6 Å². The third-order valence-electron chi connectivity index (χ3n) is 4.12. The Hall–Kier alpha value is -1.53. The fourth-order valence-electron chi connectivity index (χ4n) is 2.86. The highest BCUT2D eigenvalue weighted by Crippen LogP contribution is 2.20. The minimum absolute atomic E-state index is 0.0942. The summed E-state index contributed by atoms with van der Waals surface area (Å²) in [5, 5.41) is 2.12. The van der Waals surface area contributed by atoms with Gasteiger partial charge in [-0.2, -0.15) is 0 Å². The molecule has 2 aromatic heterocycles. The first-order valence-corrected chi connectivity index (χ1v) is 8.17. The molecule has 1 fully saturated rings. The van der Waals surface area contributed by atoms with Crippen LogP contribution in [-0.2, 0) is 13.1 Å². The Morgan fingerprint density at radius 1 is 1.33 bits per heavy atom. The predicted molar refractivity (Wildman–Crippen MR) is 83.3 cm³/mol. The van der Waals surface area contributed by atoms with E-state index in [2.05, 4.69) is 19.6 Å². The number of hydrogen-bond donors (Lipinski definition) is 0. The zero-order valence-corrected chi connectivity index (χ0v) is 13.1. The lowest BCUT2D eigenvalue weighted by atomic mass is 9.96. The van der Waals surface area contributed by atoms with Crippen LogP contribution < -0.4 is 5.56 Å².